The second-order valence-corrected chi connectivity index (χ2v) is 5.66. The maximum atomic E-state index is 13.6. The molecule has 0 aliphatic carbocycles. The molecule has 0 radical (unpaired) electrons. The second kappa shape index (κ2) is 7.18. The minimum atomic E-state index is -5.10. The van der Waals surface area contributed by atoms with Gasteiger partial charge in [-0.2, -0.15) is 31.4 Å². The summed E-state index contributed by atoms with van der Waals surface area (Å²) in [6.45, 7) is 0. The molecule has 0 spiro atoms. The summed E-state index contributed by atoms with van der Waals surface area (Å²) in [4.78, 5) is 15.7. The molecule has 0 fully saturated rings. The number of carbonyl (C=O) groups is 1. The Morgan fingerprint density at radius 1 is 0.966 bits per heavy atom. The van der Waals surface area contributed by atoms with Crippen molar-refractivity contribution in [3.8, 4) is 5.69 Å². The minimum absolute atomic E-state index is 0.0539. The molecule has 2 heterocycles. The molecule has 0 aliphatic rings. The lowest BCUT2D eigenvalue weighted by molar-refractivity contribution is -0.143. The van der Waals surface area contributed by atoms with Gasteiger partial charge in [-0.1, -0.05) is 12.1 Å². The Morgan fingerprint density at radius 3 is 2.21 bits per heavy atom. The van der Waals surface area contributed by atoms with Crippen LogP contribution in [0.5, 0.6) is 0 Å². The van der Waals surface area contributed by atoms with E-state index in [0.717, 1.165) is 24.4 Å². The van der Waals surface area contributed by atoms with Gasteiger partial charge >= 0.3 is 12.4 Å². The van der Waals surface area contributed by atoms with Gasteiger partial charge in [0, 0.05) is 6.07 Å². The zero-order valence-electron chi connectivity index (χ0n) is 14.0. The Kier molecular flexibility index (Phi) is 5.03. The lowest BCUT2D eigenvalue weighted by atomic mass is 10.2. The first-order chi connectivity index (χ1) is 13.5. The number of carbonyl (C=O) groups excluding carboxylic acids is 1. The van der Waals surface area contributed by atoms with E-state index in [4.69, 9.17) is 0 Å². The lowest BCUT2D eigenvalue weighted by Crippen LogP contribution is -2.16. The number of nitrogens with zero attached hydrogens (tertiary/aromatic N) is 3. The normalized spacial score (nSPS) is 12.1. The van der Waals surface area contributed by atoms with Crippen molar-refractivity contribution >= 4 is 11.7 Å². The number of halogens is 7. The number of pyridine rings is 1. The van der Waals surface area contributed by atoms with Crippen LogP contribution in [0.3, 0.4) is 0 Å². The summed E-state index contributed by atoms with van der Waals surface area (Å²) in [5.41, 5.74) is -4.08. The van der Waals surface area contributed by atoms with Gasteiger partial charge in [0.05, 0.1) is 17.4 Å². The number of amides is 1. The zero-order chi connectivity index (χ0) is 21.4. The number of hydrogen-bond donors (Lipinski definition) is 1. The summed E-state index contributed by atoms with van der Waals surface area (Å²) >= 11 is 0. The van der Waals surface area contributed by atoms with Crippen molar-refractivity contribution < 1.29 is 35.5 Å². The van der Waals surface area contributed by atoms with Crippen LogP contribution in [0.1, 0.15) is 21.7 Å². The average Bonchev–Trinajstić information content (AvgIpc) is 3.09. The fourth-order valence-corrected chi connectivity index (χ4v) is 2.33. The quantitative estimate of drug-likeness (QED) is 0.628. The molecule has 0 atom stereocenters. The molecule has 29 heavy (non-hydrogen) atoms. The maximum absolute atomic E-state index is 13.6. The van der Waals surface area contributed by atoms with Gasteiger partial charge in [0.15, 0.2) is 5.69 Å². The number of alkyl halides is 6. The molecule has 3 rings (SSSR count). The molecule has 3 aromatic rings. The van der Waals surface area contributed by atoms with Crippen LogP contribution in [0.15, 0.2) is 48.7 Å². The van der Waals surface area contributed by atoms with Gasteiger partial charge in [-0.05, 0) is 24.3 Å². The summed E-state index contributed by atoms with van der Waals surface area (Å²) in [5, 5.41) is 5.19. The van der Waals surface area contributed by atoms with Gasteiger partial charge in [-0.3, -0.25) is 4.79 Å². The third kappa shape index (κ3) is 4.36. The second-order valence-electron chi connectivity index (χ2n) is 5.66. The van der Waals surface area contributed by atoms with Gasteiger partial charge in [0.25, 0.3) is 5.91 Å². The average molecular weight is 418 g/mol. The van der Waals surface area contributed by atoms with Crippen molar-refractivity contribution in [1.82, 2.24) is 14.8 Å². The molecule has 0 unspecified atom stereocenters. The molecular formula is C17H9F7N4O. The smallest absolute Gasteiger partial charge is 0.306 e. The predicted molar refractivity (Wildman–Crippen MR) is 85.7 cm³/mol. The van der Waals surface area contributed by atoms with Crippen LogP contribution in [-0.2, 0) is 12.4 Å². The van der Waals surface area contributed by atoms with Crippen LogP contribution >= 0.6 is 0 Å². The first-order valence-corrected chi connectivity index (χ1v) is 7.73. The van der Waals surface area contributed by atoms with Gasteiger partial charge in [-0.25, -0.2) is 14.1 Å². The Hall–Kier alpha value is -3.44. The Morgan fingerprint density at radius 2 is 1.66 bits per heavy atom. The monoisotopic (exact) mass is 418 g/mol. The van der Waals surface area contributed by atoms with E-state index in [-0.39, 0.29) is 22.1 Å². The van der Waals surface area contributed by atoms with Gasteiger partial charge in [-0.15, -0.1) is 0 Å². The number of benzene rings is 1. The fourth-order valence-electron chi connectivity index (χ4n) is 2.33. The third-order valence-corrected chi connectivity index (χ3v) is 3.64. The van der Waals surface area contributed by atoms with Gasteiger partial charge in [0.2, 0.25) is 0 Å². The molecule has 1 N–H and O–H groups in total. The highest BCUT2D eigenvalue weighted by atomic mass is 19.4. The first kappa shape index (κ1) is 20.3. The molecule has 1 amide bonds. The highest BCUT2D eigenvalue weighted by Gasteiger charge is 2.42. The summed E-state index contributed by atoms with van der Waals surface area (Å²) in [7, 11) is 0. The Labute approximate surface area is 157 Å². The summed E-state index contributed by atoms with van der Waals surface area (Å²) in [5.74, 6) is -1.82. The van der Waals surface area contributed by atoms with E-state index in [1.54, 1.807) is 0 Å². The van der Waals surface area contributed by atoms with Crippen molar-refractivity contribution in [1.29, 1.82) is 0 Å². The van der Waals surface area contributed by atoms with Gasteiger partial charge in [0.1, 0.15) is 17.3 Å². The molecule has 0 bridgehead atoms. The molecule has 0 saturated carbocycles. The Balaban J connectivity index is 1.90. The minimum Gasteiger partial charge on any atom is -0.306 e. The van der Waals surface area contributed by atoms with Crippen molar-refractivity contribution in [2.24, 2.45) is 0 Å². The molecule has 0 aliphatic heterocycles. The summed E-state index contributed by atoms with van der Waals surface area (Å²) in [6, 6.07) is 6.96. The Bertz CT molecular complexity index is 1040. The van der Waals surface area contributed by atoms with E-state index in [9.17, 15) is 35.5 Å². The van der Waals surface area contributed by atoms with E-state index in [0.29, 0.717) is 0 Å². The van der Waals surface area contributed by atoms with E-state index in [2.05, 4.69) is 15.4 Å². The van der Waals surface area contributed by atoms with E-state index < -0.39 is 41.2 Å². The van der Waals surface area contributed by atoms with Crippen LogP contribution in [-0.4, -0.2) is 20.7 Å². The summed E-state index contributed by atoms with van der Waals surface area (Å²) in [6.07, 6.45) is -9.39. The first-order valence-electron chi connectivity index (χ1n) is 7.73. The largest absolute Gasteiger partial charge is 0.435 e. The third-order valence-electron chi connectivity index (χ3n) is 3.64. The predicted octanol–water partition coefficient (Wildman–Crippen LogP) is 4.70. The standard InChI is InChI=1S/C17H9F7N4O/c18-11-4-2-1-3-10(11)15(29)26-14-6-5-9(8-25-14)28-13(17(22,23)24)7-12(27-28)16(19,20)21/h1-8H,(H,25,26,29). The molecule has 0 saturated heterocycles. The van der Waals surface area contributed by atoms with E-state index >= 15 is 0 Å². The molecule has 12 heteroatoms. The molecular weight excluding hydrogens is 409 g/mol. The van der Waals surface area contributed by atoms with Crippen LogP contribution in [0.4, 0.5) is 36.6 Å². The number of rotatable bonds is 3. The maximum Gasteiger partial charge on any atom is 0.435 e. The number of nitrogens with one attached hydrogen (secondary N) is 1. The van der Waals surface area contributed by atoms with Crippen LogP contribution in [0, 0.1) is 5.82 Å². The van der Waals surface area contributed by atoms with Crippen LogP contribution in [0.25, 0.3) is 5.69 Å². The molecule has 1 aromatic carbocycles. The van der Waals surface area contributed by atoms with Crippen LogP contribution < -0.4 is 5.32 Å². The van der Waals surface area contributed by atoms with Crippen molar-refractivity contribution in [3.63, 3.8) is 0 Å². The molecule has 2 aromatic heterocycles. The van der Waals surface area contributed by atoms with E-state index in [1.807, 2.05) is 0 Å². The van der Waals surface area contributed by atoms with Crippen molar-refractivity contribution in [3.05, 3.63) is 71.4 Å². The molecule has 5 nitrogen and oxygen atoms in total. The lowest BCUT2D eigenvalue weighted by Gasteiger charge is -2.10. The SMILES string of the molecule is O=C(Nc1ccc(-n2nc(C(F)(F)F)cc2C(F)(F)F)cn1)c1ccccc1F. The van der Waals surface area contributed by atoms with E-state index in [1.165, 1.54) is 18.2 Å². The highest BCUT2D eigenvalue weighted by molar-refractivity contribution is 6.03. The van der Waals surface area contributed by atoms with Crippen LogP contribution in [0.2, 0.25) is 0 Å². The number of hydrogen-bond acceptors (Lipinski definition) is 3. The molecule has 152 valence electrons. The fraction of sp³-hybridized carbons (Fsp3) is 0.118. The summed E-state index contributed by atoms with van der Waals surface area (Å²) < 4.78 is 91.1. The number of anilines is 1. The van der Waals surface area contributed by atoms with Gasteiger partial charge < -0.3 is 5.32 Å². The van der Waals surface area contributed by atoms with Crippen molar-refractivity contribution in [2.75, 3.05) is 5.32 Å². The zero-order valence-corrected chi connectivity index (χ0v) is 14.0. The topological polar surface area (TPSA) is 59.8 Å². The van der Waals surface area contributed by atoms with Crippen molar-refractivity contribution in [2.45, 2.75) is 12.4 Å². The highest BCUT2D eigenvalue weighted by Crippen LogP contribution is 2.36. The number of aromatic nitrogens is 3.